The van der Waals surface area contributed by atoms with Crippen molar-refractivity contribution in [3.8, 4) is 5.75 Å². The van der Waals surface area contributed by atoms with Crippen LogP contribution in [0.2, 0.25) is 0 Å². The van der Waals surface area contributed by atoms with E-state index >= 15 is 0 Å². The first kappa shape index (κ1) is 12.8. The molecule has 3 N–H and O–H groups in total. The van der Waals surface area contributed by atoms with E-state index in [9.17, 15) is 8.42 Å². The van der Waals surface area contributed by atoms with Gasteiger partial charge in [-0.25, -0.2) is 8.42 Å². The van der Waals surface area contributed by atoms with Gasteiger partial charge in [-0.2, -0.15) is 0 Å². The molecule has 1 aromatic rings. The van der Waals surface area contributed by atoms with E-state index in [-0.39, 0.29) is 29.4 Å². The van der Waals surface area contributed by atoms with Gasteiger partial charge in [-0.15, -0.1) is 0 Å². The third kappa shape index (κ3) is 2.86. The summed E-state index contributed by atoms with van der Waals surface area (Å²) in [5.41, 5.74) is 5.80. The Kier molecular flexibility index (Phi) is 4.14. The van der Waals surface area contributed by atoms with E-state index in [1.54, 1.807) is 6.07 Å². The molecule has 0 aliphatic heterocycles. The Labute approximate surface area is 94.8 Å². The standard InChI is InChI=1S/C10H15NO4S/c1-15-8-3-4-9(11)10(7-8)16(13,14)6-2-5-12/h3-4,7,12H,2,5-6,11H2,1H3. The van der Waals surface area contributed by atoms with Crippen molar-refractivity contribution in [2.24, 2.45) is 0 Å². The normalized spacial score (nSPS) is 11.4. The number of nitrogens with two attached hydrogens (primary N) is 1. The van der Waals surface area contributed by atoms with Crippen LogP contribution in [0.5, 0.6) is 5.75 Å². The van der Waals surface area contributed by atoms with Gasteiger partial charge in [0.15, 0.2) is 9.84 Å². The summed E-state index contributed by atoms with van der Waals surface area (Å²) in [6, 6.07) is 4.48. The van der Waals surface area contributed by atoms with Crippen LogP contribution in [0.3, 0.4) is 0 Å². The third-order valence-electron chi connectivity index (χ3n) is 2.13. The van der Waals surface area contributed by atoms with Crippen molar-refractivity contribution in [1.82, 2.24) is 0 Å². The van der Waals surface area contributed by atoms with Gasteiger partial charge in [0.2, 0.25) is 0 Å². The molecular weight excluding hydrogens is 230 g/mol. The van der Waals surface area contributed by atoms with Crippen LogP contribution in [0.25, 0.3) is 0 Å². The summed E-state index contributed by atoms with van der Waals surface area (Å²) < 4.78 is 28.6. The molecule has 0 saturated heterocycles. The van der Waals surface area contributed by atoms with Crippen LogP contribution in [0.4, 0.5) is 5.69 Å². The second kappa shape index (κ2) is 5.18. The molecule has 0 amide bonds. The Morgan fingerprint density at radius 2 is 2.12 bits per heavy atom. The van der Waals surface area contributed by atoms with Crippen LogP contribution < -0.4 is 10.5 Å². The van der Waals surface area contributed by atoms with Gasteiger partial charge in [-0.05, 0) is 18.6 Å². The van der Waals surface area contributed by atoms with Crippen LogP contribution in [0.15, 0.2) is 23.1 Å². The van der Waals surface area contributed by atoms with Gasteiger partial charge in [-0.3, -0.25) is 0 Å². The lowest BCUT2D eigenvalue weighted by atomic mass is 10.3. The predicted octanol–water partition coefficient (Wildman–Crippen LogP) is 0.433. The van der Waals surface area contributed by atoms with Gasteiger partial charge in [-0.1, -0.05) is 0 Å². The van der Waals surface area contributed by atoms with Gasteiger partial charge in [0.05, 0.1) is 23.4 Å². The molecule has 0 aromatic heterocycles. The summed E-state index contributed by atoms with van der Waals surface area (Å²) in [7, 11) is -2.00. The van der Waals surface area contributed by atoms with Crippen LogP contribution in [0, 0.1) is 0 Å². The first-order valence-electron chi connectivity index (χ1n) is 4.78. The van der Waals surface area contributed by atoms with E-state index < -0.39 is 9.84 Å². The molecule has 90 valence electrons. The van der Waals surface area contributed by atoms with Gasteiger partial charge in [0.1, 0.15) is 5.75 Å². The highest BCUT2D eigenvalue weighted by atomic mass is 32.2. The average Bonchev–Trinajstić information content (AvgIpc) is 2.27. The number of rotatable bonds is 5. The Morgan fingerprint density at radius 3 is 2.69 bits per heavy atom. The molecule has 0 radical (unpaired) electrons. The van der Waals surface area contributed by atoms with Crippen molar-refractivity contribution in [2.75, 3.05) is 25.2 Å². The zero-order chi connectivity index (χ0) is 12.2. The summed E-state index contributed by atoms with van der Waals surface area (Å²) in [5.74, 6) is 0.317. The lowest BCUT2D eigenvalue weighted by molar-refractivity contribution is 0.295. The van der Waals surface area contributed by atoms with Gasteiger partial charge in [0.25, 0.3) is 0 Å². The molecule has 6 heteroatoms. The van der Waals surface area contributed by atoms with E-state index in [0.717, 1.165) is 0 Å². The molecule has 5 nitrogen and oxygen atoms in total. The van der Waals surface area contributed by atoms with Crippen molar-refractivity contribution in [1.29, 1.82) is 0 Å². The molecule has 16 heavy (non-hydrogen) atoms. The summed E-state index contributed by atoms with van der Waals surface area (Å²) in [5, 5.41) is 8.63. The number of methoxy groups -OCH3 is 1. The number of aliphatic hydroxyl groups excluding tert-OH is 1. The second-order valence-electron chi connectivity index (χ2n) is 3.30. The topological polar surface area (TPSA) is 89.6 Å². The monoisotopic (exact) mass is 245 g/mol. The maximum atomic E-state index is 11.8. The maximum absolute atomic E-state index is 11.8. The minimum Gasteiger partial charge on any atom is -0.497 e. The molecule has 1 rings (SSSR count). The fourth-order valence-electron chi connectivity index (χ4n) is 1.28. The Bertz CT molecular complexity index is 456. The van der Waals surface area contributed by atoms with Crippen LogP contribution >= 0.6 is 0 Å². The average molecular weight is 245 g/mol. The Hall–Kier alpha value is -1.27. The molecular formula is C10H15NO4S. The minimum atomic E-state index is -3.45. The molecule has 0 spiro atoms. The molecule has 0 atom stereocenters. The predicted molar refractivity (Wildman–Crippen MR) is 61.2 cm³/mol. The number of nitrogen functional groups attached to an aromatic ring is 1. The Morgan fingerprint density at radius 1 is 1.44 bits per heavy atom. The first-order chi connectivity index (χ1) is 7.51. The quantitative estimate of drug-likeness (QED) is 0.734. The molecule has 0 aliphatic rings. The highest BCUT2D eigenvalue weighted by Gasteiger charge is 2.17. The molecule has 0 unspecified atom stereocenters. The second-order valence-corrected chi connectivity index (χ2v) is 5.38. The van der Waals surface area contributed by atoms with Gasteiger partial charge in [0, 0.05) is 12.7 Å². The number of anilines is 1. The zero-order valence-electron chi connectivity index (χ0n) is 9.01. The van der Waals surface area contributed by atoms with Crippen molar-refractivity contribution in [3.63, 3.8) is 0 Å². The third-order valence-corrected chi connectivity index (χ3v) is 3.98. The van der Waals surface area contributed by atoms with E-state index in [2.05, 4.69) is 0 Å². The number of hydrogen-bond acceptors (Lipinski definition) is 5. The number of sulfone groups is 1. The molecule has 0 bridgehead atoms. The lowest BCUT2D eigenvalue weighted by Gasteiger charge is -2.08. The summed E-state index contributed by atoms with van der Waals surface area (Å²) in [4.78, 5) is 0.0558. The minimum absolute atomic E-state index is 0.0558. The van der Waals surface area contributed by atoms with Crippen LogP contribution in [-0.4, -0.2) is 33.0 Å². The number of aliphatic hydroxyl groups is 1. The van der Waals surface area contributed by atoms with Crippen LogP contribution in [0.1, 0.15) is 6.42 Å². The van der Waals surface area contributed by atoms with E-state index in [4.69, 9.17) is 15.6 Å². The summed E-state index contributed by atoms with van der Waals surface area (Å²) in [6.07, 6.45) is 0.193. The first-order valence-corrected chi connectivity index (χ1v) is 6.43. The van der Waals surface area contributed by atoms with Crippen molar-refractivity contribution >= 4 is 15.5 Å². The highest BCUT2D eigenvalue weighted by molar-refractivity contribution is 7.91. The number of hydrogen-bond donors (Lipinski definition) is 2. The molecule has 1 aromatic carbocycles. The van der Waals surface area contributed by atoms with E-state index in [1.807, 2.05) is 0 Å². The molecule has 0 heterocycles. The molecule has 0 aliphatic carbocycles. The Balaban J connectivity index is 3.11. The molecule has 0 saturated carbocycles. The SMILES string of the molecule is COc1ccc(N)c(S(=O)(=O)CCCO)c1. The highest BCUT2D eigenvalue weighted by Crippen LogP contribution is 2.25. The molecule has 0 fully saturated rings. The van der Waals surface area contributed by atoms with Crippen molar-refractivity contribution < 1.29 is 18.3 Å². The fourth-order valence-corrected chi connectivity index (χ4v) is 2.73. The fraction of sp³-hybridized carbons (Fsp3) is 0.400. The van der Waals surface area contributed by atoms with E-state index in [1.165, 1.54) is 19.2 Å². The van der Waals surface area contributed by atoms with E-state index in [0.29, 0.717) is 5.75 Å². The summed E-state index contributed by atoms with van der Waals surface area (Å²) >= 11 is 0. The maximum Gasteiger partial charge on any atom is 0.180 e. The van der Waals surface area contributed by atoms with Gasteiger partial charge >= 0.3 is 0 Å². The van der Waals surface area contributed by atoms with Crippen molar-refractivity contribution in [2.45, 2.75) is 11.3 Å². The lowest BCUT2D eigenvalue weighted by Crippen LogP contribution is -2.10. The van der Waals surface area contributed by atoms with Crippen LogP contribution in [-0.2, 0) is 9.84 Å². The summed E-state index contributed by atoms with van der Waals surface area (Å²) in [6.45, 7) is -0.164. The smallest absolute Gasteiger partial charge is 0.180 e. The zero-order valence-corrected chi connectivity index (χ0v) is 9.83. The number of ether oxygens (including phenoxy) is 1. The van der Waals surface area contributed by atoms with Gasteiger partial charge < -0.3 is 15.6 Å². The van der Waals surface area contributed by atoms with Crippen molar-refractivity contribution in [3.05, 3.63) is 18.2 Å². The largest absolute Gasteiger partial charge is 0.497 e. The number of benzene rings is 1.